The zero-order valence-electron chi connectivity index (χ0n) is 16.5. The molecule has 4 rings (SSSR count). The lowest BCUT2D eigenvalue weighted by Gasteiger charge is -2.32. The summed E-state index contributed by atoms with van der Waals surface area (Å²) in [5.41, 5.74) is 2.02. The van der Waals surface area contributed by atoms with Crippen LogP contribution >= 0.6 is 0 Å². The maximum absolute atomic E-state index is 12.6. The summed E-state index contributed by atoms with van der Waals surface area (Å²) in [5.74, 6) is 1.86. The van der Waals surface area contributed by atoms with Crippen LogP contribution in [0.25, 0.3) is 11.3 Å². The third-order valence-electron chi connectivity index (χ3n) is 6.27. The molecule has 1 aromatic heterocycles. The first-order valence-corrected chi connectivity index (χ1v) is 10.8. The topological polar surface area (TPSA) is 67.2 Å². The zero-order valence-corrected chi connectivity index (χ0v) is 16.5. The second-order valence-electron chi connectivity index (χ2n) is 8.37. The molecule has 28 heavy (non-hydrogen) atoms. The van der Waals surface area contributed by atoms with Gasteiger partial charge in [-0.25, -0.2) is 0 Å². The number of rotatable bonds is 6. The Morgan fingerprint density at radius 2 is 1.93 bits per heavy atom. The molecule has 2 aliphatic rings. The van der Waals surface area contributed by atoms with Crippen molar-refractivity contribution < 1.29 is 9.32 Å². The van der Waals surface area contributed by atoms with Gasteiger partial charge in [0, 0.05) is 24.1 Å². The van der Waals surface area contributed by atoms with Crippen LogP contribution in [0.3, 0.4) is 0 Å². The van der Waals surface area contributed by atoms with Crippen molar-refractivity contribution in [2.75, 3.05) is 13.1 Å². The Labute approximate surface area is 167 Å². The van der Waals surface area contributed by atoms with Gasteiger partial charge < -0.3 is 15.2 Å². The summed E-state index contributed by atoms with van der Waals surface area (Å²) in [7, 11) is 0. The average molecular weight is 382 g/mol. The van der Waals surface area contributed by atoms with Gasteiger partial charge in [0.15, 0.2) is 5.76 Å². The Balaban J connectivity index is 1.34. The molecule has 2 aromatic rings. The molecule has 150 valence electrons. The van der Waals surface area contributed by atoms with E-state index in [0.29, 0.717) is 24.3 Å². The Bertz CT molecular complexity index is 752. The Hall–Kier alpha value is -2.14. The predicted octanol–water partition coefficient (Wildman–Crippen LogP) is 3.95. The summed E-state index contributed by atoms with van der Waals surface area (Å²) in [6.07, 6.45) is 8.62. The highest BCUT2D eigenvalue weighted by atomic mass is 16.5. The van der Waals surface area contributed by atoms with Gasteiger partial charge >= 0.3 is 0 Å². The molecular weight excluding hydrogens is 350 g/mol. The molecule has 2 heterocycles. The standard InChI is InChI=1S/C23H31N3O2/c27-23(25-20-9-5-2-6-10-20)14-18-11-12-24-16-19(18)13-21-15-22(28-26-21)17-7-3-1-4-8-17/h1,3-4,7-8,15,18-20,24H,2,5-6,9-14,16H2,(H,25,27)/t18-,19+/m0/s1. The Kier molecular flexibility index (Phi) is 6.42. The van der Waals surface area contributed by atoms with E-state index in [0.717, 1.165) is 55.8 Å². The number of aromatic nitrogens is 1. The van der Waals surface area contributed by atoms with Crippen LogP contribution in [0.2, 0.25) is 0 Å². The molecule has 0 radical (unpaired) electrons. The summed E-state index contributed by atoms with van der Waals surface area (Å²) in [6, 6.07) is 12.5. The van der Waals surface area contributed by atoms with Crippen molar-refractivity contribution in [3.63, 3.8) is 0 Å². The van der Waals surface area contributed by atoms with Gasteiger partial charge in [-0.15, -0.1) is 0 Å². The number of carbonyl (C=O) groups is 1. The molecule has 5 heteroatoms. The van der Waals surface area contributed by atoms with Gasteiger partial charge in [-0.3, -0.25) is 4.79 Å². The molecule has 0 unspecified atom stereocenters. The lowest BCUT2D eigenvalue weighted by molar-refractivity contribution is -0.123. The largest absolute Gasteiger partial charge is 0.356 e. The normalized spacial score (nSPS) is 23.4. The summed E-state index contributed by atoms with van der Waals surface area (Å²) in [4.78, 5) is 12.6. The average Bonchev–Trinajstić information content (AvgIpc) is 3.19. The summed E-state index contributed by atoms with van der Waals surface area (Å²) >= 11 is 0. The van der Waals surface area contributed by atoms with Gasteiger partial charge in [0.1, 0.15) is 0 Å². The van der Waals surface area contributed by atoms with E-state index < -0.39 is 0 Å². The number of carbonyl (C=O) groups excluding carboxylic acids is 1. The summed E-state index contributed by atoms with van der Waals surface area (Å²) in [5, 5.41) is 11.1. The Morgan fingerprint density at radius 3 is 2.75 bits per heavy atom. The minimum Gasteiger partial charge on any atom is -0.356 e. The molecule has 1 aromatic carbocycles. The minimum atomic E-state index is 0.230. The molecular formula is C23H31N3O2. The number of nitrogens with one attached hydrogen (secondary N) is 2. The van der Waals surface area contributed by atoms with Crippen molar-refractivity contribution in [2.24, 2.45) is 11.8 Å². The van der Waals surface area contributed by atoms with Gasteiger partial charge in [0.05, 0.1) is 5.69 Å². The van der Waals surface area contributed by atoms with E-state index in [-0.39, 0.29) is 5.91 Å². The van der Waals surface area contributed by atoms with Crippen molar-refractivity contribution in [2.45, 2.75) is 57.4 Å². The predicted molar refractivity (Wildman–Crippen MR) is 110 cm³/mol. The monoisotopic (exact) mass is 381 g/mol. The van der Waals surface area contributed by atoms with Crippen molar-refractivity contribution in [1.82, 2.24) is 15.8 Å². The number of hydrogen-bond donors (Lipinski definition) is 2. The molecule has 2 atom stereocenters. The second-order valence-corrected chi connectivity index (χ2v) is 8.37. The van der Waals surface area contributed by atoms with E-state index in [1.165, 1.54) is 19.3 Å². The van der Waals surface area contributed by atoms with Crippen molar-refractivity contribution in [3.8, 4) is 11.3 Å². The maximum Gasteiger partial charge on any atom is 0.220 e. The SMILES string of the molecule is O=C(C[C@@H]1CCNC[C@H]1Cc1cc(-c2ccccc2)on1)NC1CCCCC1. The van der Waals surface area contributed by atoms with E-state index in [4.69, 9.17) is 4.52 Å². The number of piperidine rings is 1. The molecule has 1 aliphatic carbocycles. The second kappa shape index (κ2) is 9.37. The number of hydrogen-bond acceptors (Lipinski definition) is 4. The van der Waals surface area contributed by atoms with Gasteiger partial charge in [0.2, 0.25) is 5.91 Å². The van der Waals surface area contributed by atoms with Crippen LogP contribution < -0.4 is 10.6 Å². The highest BCUT2D eigenvalue weighted by molar-refractivity contribution is 5.76. The van der Waals surface area contributed by atoms with Gasteiger partial charge in [-0.05, 0) is 50.6 Å². The van der Waals surface area contributed by atoms with Crippen LogP contribution in [0, 0.1) is 11.8 Å². The third kappa shape index (κ3) is 5.02. The molecule has 2 N–H and O–H groups in total. The fourth-order valence-electron chi connectivity index (χ4n) is 4.67. The van der Waals surface area contributed by atoms with Crippen molar-refractivity contribution in [1.29, 1.82) is 0 Å². The van der Waals surface area contributed by atoms with Crippen LogP contribution in [-0.4, -0.2) is 30.2 Å². The van der Waals surface area contributed by atoms with Crippen LogP contribution in [0.15, 0.2) is 40.9 Å². The first-order chi connectivity index (χ1) is 13.8. The number of amides is 1. The van der Waals surface area contributed by atoms with Crippen LogP contribution in [0.5, 0.6) is 0 Å². The van der Waals surface area contributed by atoms with Gasteiger partial charge in [-0.1, -0.05) is 54.8 Å². The summed E-state index contributed by atoms with van der Waals surface area (Å²) in [6.45, 7) is 1.93. The molecule has 1 aliphatic heterocycles. The van der Waals surface area contributed by atoms with Crippen LogP contribution in [0.4, 0.5) is 0 Å². The third-order valence-corrected chi connectivity index (χ3v) is 6.27. The number of nitrogens with zero attached hydrogens (tertiary/aromatic N) is 1. The minimum absolute atomic E-state index is 0.230. The van der Waals surface area contributed by atoms with E-state index >= 15 is 0 Å². The highest BCUT2D eigenvalue weighted by Crippen LogP contribution is 2.28. The molecule has 2 fully saturated rings. The maximum atomic E-state index is 12.6. The highest BCUT2D eigenvalue weighted by Gasteiger charge is 2.29. The fraction of sp³-hybridized carbons (Fsp3) is 0.565. The summed E-state index contributed by atoms with van der Waals surface area (Å²) < 4.78 is 5.56. The van der Waals surface area contributed by atoms with E-state index in [1.54, 1.807) is 0 Å². The van der Waals surface area contributed by atoms with Gasteiger partial charge in [0.25, 0.3) is 0 Å². The lowest BCUT2D eigenvalue weighted by atomic mass is 9.81. The lowest BCUT2D eigenvalue weighted by Crippen LogP contribution is -2.42. The van der Waals surface area contributed by atoms with Crippen LogP contribution in [-0.2, 0) is 11.2 Å². The first-order valence-electron chi connectivity index (χ1n) is 10.8. The first kappa shape index (κ1) is 19.2. The molecule has 0 bridgehead atoms. The van der Waals surface area contributed by atoms with E-state index in [2.05, 4.69) is 15.8 Å². The molecule has 5 nitrogen and oxygen atoms in total. The van der Waals surface area contributed by atoms with Crippen molar-refractivity contribution >= 4 is 5.91 Å². The Morgan fingerprint density at radius 1 is 1.11 bits per heavy atom. The van der Waals surface area contributed by atoms with Gasteiger partial charge in [-0.2, -0.15) is 0 Å². The smallest absolute Gasteiger partial charge is 0.220 e. The number of benzene rings is 1. The van der Waals surface area contributed by atoms with Crippen LogP contribution in [0.1, 0.15) is 50.6 Å². The molecule has 1 amide bonds. The van der Waals surface area contributed by atoms with Crippen molar-refractivity contribution in [3.05, 3.63) is 42.1 Å². The molecule has 1 saturated carbocycles. The quantitative estimate of drug-likeness (QED) is 0.795. The fourth-order valence-corrected chi connectivity index (χ4v) is 4.67. The molecule has 1 saturated heterocycles. The van der Waals surface area contributed by atoms with E-state index in [9.17, 15) is 4.79 Å². The van der Waals surface area contributed by atoms with E-state index in [1.807, 2.05) is 36.4 Å². The molecule has 0 spiro atoms. The zero-order chi connectivity index (χ0) is 19.2.